The SMILES string of the molecule is CC1(C)OOC1(C)COC(=O)Nc1ccccn1. The number of pyridine rings is 1. The number of amides is 1. The Labute approximate surface area is 105 Å². The normalized spacial score (nSPS) is 25.1. The van der Waals surface area contributed by atoms with Crippen LogP contribution >= 0.6 is 0 Å². The second kappa shape index (κ2) is 4.55. The molecule has 18 heavy (non-hydrogen) atoms. The molecule has 0 aliphatic carbocycles. The summed E-state index contributed by atoms with van der Waals surface area (Å²) in [5.74, 6) is 0.442. The molecule has 0 spiro atoms. The molecule has 0 aromatic carbocycles. The van der Waals surface area contributed by atoms with Gasteiger partial charge < -0.3 is 4.74 Å². The van der Waals surface area contributed by atoms with Gasteiger partial charge in [-0.25, -0.2) is 19.6 Å². The monoisotopic (exact) mass is 252 g/mol. The molecule has 1 fully saturated rings. The summed E-state index contributed by atoms with van der Waals surface area (Å²) in [5, 5.41) is 2.52. The molecule has 6 nitrogen and oxygen atoms in total. The van der Waals surface area contributed by atoms with Crippen molar-refractivity contribution in [2.24, 2.45) is 0 Å². The summed E-state index contributed by atoms with van der Waals surface area (Å²) in [4.78, 5) is 25.5. The smallest absolute Gasteiger partial charge is 0.412 e. The Balaban J connectivity index is 1.83. The average Bonchev–Trinajstić information content (AvgIpc) is 2.36. The number of aromatic nitrogens is 1. The Morgan fingerprint density at radius 2 is 2.17 bits per heavy atom. The van der Waals surface area contributed by atoms with Gasteiger partial charge in [-0.2, -0.15) is 0 Å². The Hall–Kier alpha value is -1.66. The minimum absolute atomic E-state index is 0.110. The van der Waals surface area contributed by atoms with Gasteiger partial charge in [0.25, 0.3) is 0 Å². The highest BCUT2D eigenvalue weighted by atomic mass is 17.3. The van der Waals surface area contributed by atoms with Crippen LogP contribution in [0.3, 0.4) is 0 Å². The van der Waals surface area contributed by atoms with Crippen molar-refractivity contribution in [1.82, 2.24) is 4.98 Å². The molecule has 1 aromatic heterocycles. The van der Waals surface area contributed by atoms with E-state index in [9.17, 15) is 4.79 Å². The third-order valence-electron chi connectivity index (χ3n) is 3.08. The maximum Gasteiger partial charge on any atom is 0.412 e. The first-order chi connectivity index (χ1) is 8.43. The van der Waals surface area contributed by atoms with Crippen LogP contribution in [0.1, 0.15) is 20.8 Å². The fraction of sp³-hybridized carbons (Fsp3) is 0.500. The maximum atomic E-state index is 11.5. The maximum absolute atomic E-state index is 11.5. The van der Waals surface area contributed by atoms with Crippen molar-refractivity contribution >= 4 is 11.9 Å². The van der Waals surface area contributed by atoms with Crippen LogP contribution in [0, 0.1) is 0 Å². The molecular weight excluding hydrogens is 236 g/mol. The standard InChI is InChI=1S/C12H16N2O4/c1-11(2)12(3,18-17-11)8-16-10(15)14-9-6-4-5-7-13-9/h4-7H,8H2,1-3H3,(H,13,14,15). The lowest BCUT2D eigenvalue weighted by Crippen LogP contribution is -2.64. The van der Waals surface area contributed by atoms with E-state index < -0.39 is 17.3 Å². The highest BCUT2D eigenvalue weighted by Gasteiger charge is 2.55. The van der Waals surface area contributed by atoms with E-state index in [-0.39, 0.29) is 6.61 Å². The van der Waals surface area contributed by atoms with Crippen LogP contribution in [-0.4, -0.2) is 28.9 Å². The van der Waals surface area contributed by atoms with E-state index in [2.05, 4.69) is 10.3 Å². The number of nitrogens with one attached hydrogen (secondary N) is 1. The first kappa shape index (κ1) is 12.8. The summed E-state index contributed by atoms with van der Waals surface area (Å²) >= 11 is 0. The fourth-order valence-corrected chi connectivity index (χ4v) is 1.33. The summed E-state index contributed by atoms with van der Waals surface area (Å²) in [6.45, 7) is 5.68. The quantitative estimate of drug-likeness (QED) is 0.834. The zero-order chi connectivity index (χ0) is 13.2. The Morgan fingerprint density at radius 1 is 1.39 bits per heavy atom. The van der Waals surface area contributed by atoms with Gasteiger partial charge in [0.05, 0.1) is 0 Å². The number of carbonyl (C=O) groups is 1. The van der Waals surface area contributed by atoms with Crippen LogP contribution in [0.15, 0.2) is 24.4 Å². The molecule has 98 valence electrons. The zero-order valence-corrected chi connectivity index (χ0v) is 10.6. The van der Waals surface area contributed by atoms with Gasteiger partial charge >= 0.3 is 6.09 Å². The van der Waals surface area contributed by atoms with Gasteiger partial charge in [-0.05, 0) is 32.9 Å². The van der Waals surface area contributed by atoms with E-state index in [1.807, 2.05) is 20.8 Å². The average molecular weight is 252 g/mol. The summed E-state index contributed by atoms with van der Waals surface area (Å²) in [6, 6.07) is 5.21. The molecule has 1 unspecified atom stereocenters. The van der Waals surface area contributed by atoms with Crippen LogP contribution < -0.4 is 5.32 Å². The Morgan fingerprint density at radius 3 is 2.67 bits per heavy atom. The van der Waals surface area contributed by atoms with Gasteiger partial charge in [-0.3, -0.25) is 5.32 Å². The van der Waals surface area contributed by atoms with E-state index >= 15 is 0 Å². The van der Waals surface area contributed by atoms with Crippen LogP contribution in [-0.2, 0) is 14.5 Å². The largest absolute Gasteiger partial charge is 0.446 e. The molecular formula is C12H16N2O4. The van der Waals surface area contributed by atoms with E-state index in [0.717, 1.165) is 0 Å². The third-order valence-corrected chi connectivity index (χ3v) is 3.08. The van der Waals surface area contributed by atoms with Gasteiger partial charge in [-0.15, -0.1) is 0 Å². The topological polar surface area (TPSA) is 69.7 Å². The molecule has 1 aliphatic heterocycles. The number of ether oxygens (including phenoxy) is 1. The van der Waals surface area contributed by atoms with Gasteiger partial charge in [0.2, 0.25) is 0 Å². The van der Waals surface area contributed by atoms with Crippen LogP contribution in [0.2, 0.25) is 0 Å². The lowest BCUT2D eigenvalue weighted by Gasteiger charge is -2.49. The first-order valence-corrected chi connectivity index (χ1v) is 5.65. The van der Waals surface area contributed by atoms with E-state index in [4.69, 9.17) is 14.5 Å². The summed E-state index contributed by atoms with van der Waals surface area (Å²) in [6.07, 6.45) is 1.02. The number of hydrogen-bond acceptors (Lipinski definition) is 5. The Bertz CT molecular complexity index is 435. The first-order valence-electron chi connectivity index (χ1n) is 5.65. The predicted octanol–water partition coefficient (Wildman–Crippen LogP) is 2.13. The number of rotatable bonds is 3. The molecule has 0 bridgehead atoms. The van der Waals surface area contributed by atoms with E-state index in [1.165, 1.54) is 0 Å². The number of hydrogen-bond donors (Lipinski definition) is 1. The van der Waals surface area contributed by atoms with Crippen LogP contribution in [0.5, 0.6) is 0 Å². The molecule has 1 aromatic rings. The second-order valence-electron chi connectivity index (χ2n) is 4.82. The third kappa shape index (κ3) is 2.44. The minimum Gasteiger partial charge on any atom is -0.446 e. The summed E-state index contributed by atoms with van der Waals surface area (Å²) in [5.41, 5.74) is -1.10. The van der Waals surface area contributed by atoms with Gasteiger partial charge in [-0.1, -0.05) is 6.07 Å². The van der Waals surface area contributed by atoms with Crippen molar-refractivity contribution in [2.45, 2.75) is 32.0 Å². The molecule has 1 N–H and O–H groups in total. The lowest BCUT2D eigenvalue weighted by atomic mass is 9.86. The van der Waals surface area contributed by atoms with Gasteiger partial charge in [0.1, 0.15) is 18.0 Å². The van der Waals surface area contributed by atoms with E-state index in [1.54, 1.807) is 24.4 Å². The number of carbonyl (C=O) groups excluding carboxylic acids is 1. The van der Waals surface area contributed by atoms with Crippen molar-refractivity contribution in [3.05, 3.63) is 24.4 Å². The molecule has 6 heteroatoms. The lowest BCUT2D eigenvalue weighted by molar-refractivity contribution is -0.543. The zero-order valence-electron chi connectivity index (χ0n) is 10.6. The molecule has 1 saturated heterocycles. The predicted molar refractivity (Wildman–Crippen MR) is 63.9 cm³/mol. The molecule has 0 radical (unpaired) electrons. The summed E-state index contributed by atoms with van der Waals surface area (Å²) in [7, 11) is 0. The van der Waals surface area contributed by atoms with Crippen LogP contribution in [0.25, 0.3) is 0 Å². The molecule has 1 atom stereocenters. The van der Waals surface area contributed by atoms with Crippen molar-refractivity contribution in [2.75, 3.05) is 11.9 Å². The second-order valence-corrected chi connectivity index (χ2v) is 4.82. The molecule has 2 heterocycles. The highest BCUT2D eigenvalue weighted by molar-refractivity contribution is 5.83. The molecule has 0 saturated carbocycles. The molecule has 1 aliphatic rings. The van der Waals surface area contributed by atoms with Crippen molar-refractivity contribution in [1.29, 1.82) is 0 Å². The molecule has 2 rings (SSSR count). The van der Waals surface area contributed by atoms with Crippen molar-refractivity contribution in [3.63, 3.8) is 0 Å². The van der Waals surface area contributed by atoms with Gasteiger partial charge in [0, 0.05) is 6.20 Å². The fourth-order valence-electron chi connectivity index (χ4n) is 1.33. The minimum atomic E-state index is -0.630. The van der Waals surface area contributed by atoms with E-state index in [0.29, 0.717) is 5.82 Å². The van der Waals surface area contributed by atoms with Crippen molar-refractivity contribution < 1.29 is 19.3 Å². The molecule has 1 amide bonds. The Kier molecular flexibility index (Phi) is 3.23. The van der Waals surface area contributed by atoms with Crippen LogP contribution in [0.4, 0.5) is 10.6 Å². The number of anilines is 1. The highest BCUT2D eigenvalue weighted by Crippen LogP contribution is 2.39. The number of nitrogens with zero attached hydrogens (tertiary/aromatic N) is 1. The van der Waals surface area contributed by atoms with Crippen molar-refractivity contribution in [3.8, 4) is 0 Å². The van der Waals surface area contributed by atoms with Gasteiger partial charge in [0.15, 0.2) is 5.60 Å². The summed E-state index contributed by atoms with van der Waals surface area (Å²) < 4.78 is 5.09.